The van der Waals surface area contributed by atoms with E-state index >= 15 is 0 Å². The molecule has 2 bridgehead atoms. The summed E-state index contributed by atoms with van der Waals surface area (Å²) in [5.41, 5.74) is 1.28. The Hall–Kier alpha value is -2.84. The second-order valence-corrected chi connectivity index (χ2v) is 9.41. The number of anilines is 1. The number of imidazole rings is 1. The number of nitrogens with one attached hydrogen (secondary N) is 1. The van der Waals surface area contributed by atoms with Crippen LogP contribution in [-0.4, -0.2) is 29.9 Å². The van der Waals surface area contributed by atoms with Crippen molar-refractivity contribution in [1.82, 2.24) is 24.3 Å². The molecule has 1 aliphatic heterocycles. The minimum Gasteiger partial charge on any atom is -0.347 e. The lowest BCUT2D eigenvalue weighted by Gasteiger charge is -2.70. The van der Waals surface area contributed by atoms with Crippen LogP contribution in [0.3, 0.4) is 0 Å². The summed E-state index contributed by atoms with van der Waals surface area (Å²) in [6.07, 6.45) is 9.29. The van der Waals surface area contributed by atoms with Crippen LogP contribution in [0.25, 0.3) is 0 Å². The summed E-state index contributed by atoms with van der Waals surface area (Å²) in [5.74, 6) is -3.05. The van der Waals surface area contributed by atoms with Crippen molar-refractivity contribution >= 4 is 5.95 Å². The lowest BCUT2D eigenvalue weighted by molar-refractivity contribution is -0.100. The molecule has 3 saturated carbocycles. The Balaban J connectivity index is 1.25. The molecule has 1 unspecified atom stereocenters. The van der Waals surface area contributed by atoms with Crippen LogP contribution in [0.15, 0.2) is 24.7 Å². The number of benzene rings is 1. The molecule has 0 radical (unpaired) electrons. The zero-order valence-corrected chi connectivity index (χ0v) is 17.2. The van der Waals surface area contributed by atoms with Crippen molar-refractivity contribution in [3.63, 3.8) is 0 Å². The number of fused-ring (bicyclic) bond motifs is 1. The van der Waals surface area contributed by atoms with Crippen LogP contribution in [0.2, 0.25) is 0 Å². The maximum absolute atomic E-state index is 14.5. The third-order valence-electron chi connectivity index (χ3n) is 7.20. The second-order valence-electron chi connectivity index (χ2n) is 9.41. The van der Waals surface area contributed by atoms with Crippen molar-refractivity contribution in [2.45, 2.75) is 69.0 Å². The topological polar surface area (TPSA) is 60.6 Å². The molecule has 2 aromatic heterocycles. The highest BCUT2D eigenvalue weighted by Gasteiger charge is 2.69. The van der Waals surface area contributed by atoms with Crippen molar-refractivity contribution in [3.05, 3.63) is 59.2 Å². The number of rotatable bonds is 4. The monoisotopic (exact) mass is 428 g/mol. The third kappa shape index (κ3) is 2.74. The molecule has 3 fully saturated rings. The molecule has 31 heavy (non-hydrogen) atoms. The highest BCUT2D eigenvalue weighted by Crippen LogP contribution is 2.66. The van der Waals surface area contributed by atoms with Gasteiger partial charge in [-0.1, -0.05) is 12.5 Å². The number of hydrogen-bond donors (Lipinski definition) is 1. The fraction of sp³-hybridized carbons (Fsp3) is 0.500. The normalized spacial score (nSPS) is 29.0. The maximum atomic E-state index is 14.5. The van der Waals surface area contributed by atoms with E-state index < -0.39 is 23.4 Å². The Kier molecular flexibility index (Phi) is 3.86. The Morgan fingerprint density at radius 1 is 1.10 bits per heavy atom. The number of halogens is 3. The van der Waals surface area contributed by atoms with Gasteiger partial charge in [-0.05, 0) is 45.1 Å². The van der Waals surface area contributed by atoms with Crippen LogP contribution in [0, 0.1) is 24.4 Å². The minimum absolute atomic E-state index is 0.0194. The van der Waals surface area contributed by atoms with Crippen molar-refractivity contribution in [2.24, 2.45) is 0 Å². The predicted molar refractivity (Wildman–Crippen MR) is 107 cm³/mol. The van der Waals surface area contributed by atoms with Gasteiger partial charge in [0.2, 0.25) is 5.95 Å². The molecular weight excluding hydrogens is 405 g/mol. The molecule has 3 heterocycles. The molecule has 9 heteroatoms. The molecule has 1 N–H and O–H groups in total. The van der Waals surface area contributed by atoms with Crippen LogP contribution >= 0.6 is 0 Å². The number of hydrogen-bond acceptors (Lipinski definition) is 4. The Morgan fingerprint density at radius 3 is 2.65 bits per heavy atom. The van der Waals surface area contributed by atoms with E-state index in [4.69, 9.17) is 4.98 Å². The Labute approximate surface area is 177 Å². The van der Waals surface area contributed by atoms with Gasteiger partial charge in [0, 0.05) is 29.8 Å². The molecule has 0 saturated heterocycles. The first-order chi connectivity index (χ1) is 14.9. The van der Waals surface area contributed by atoms with E-state index in [2.05, 4.69) is 26.2 Å². The van der Waals surface area contributed by atoms with Gasteiger partial charge in [-0.25, -0.2) is 22.8 Å². The number of aryl methyl sites for hydroxylation is 2. The van der Waals surface area contributed by atoms with Crippen LogP contribution in [0.1, 0.15) is 61.5 Å². The van der Waals surface area contributed by atoms with Gasteiger partial charge < -0.3 is 9.88 Å². The first kappa shape index (κ1) is 18.9. The number of aromatic nitrogens is 5. The summed E-state index contributed by atoms with van der Waals surface area (Å²) in [6.45, 7) is 2.67. The summed E-state index contributed by atoms with van der Waals surface area (Å²) in [6, 6.07) is 2.31. The summed E-state index contributed by atoms with van der Waals surface area (Å²) < 4.78 is 45.8. The molecular formula is C22H23F3N6. The first-order valence-electron chi connectivity index (χ1n) is 10.8. The highest BCUT2D eigenvalue weighted by molar-refractivity contribution is 5.42. The third-order valence-corrected chi connectivity index (χ3v) is 7.20. The first-order valence-corrected chi connectivity index (χ1v) is 10.8. The standard InChI is InChI=1S/C22H23F3N6/c1-13-8-30(12-26-13)22-9-21(10-22,11-22)28-20-27-19-15(4-2-3-7-31(19)29-20)14-5-6-16(23)18(25)17(14)24/h5-6,8,12,15H,2-4,7,9-11H2,1H3,(H,28,29). The summed E-state index contributed by atoms with van der Waals surface area (Å²) in [5, 5.41) is 8.13. The fourth-order valence-electron chi connectivity index (χ4n) is 5.73. The predicted octanol–water partition coefficient (Wildman–Crippen LogP) is 4.26. The van der Waals surface area contributed by atoms with E-state index in [-0.39, 0.29) is 16.6 Å². The van der Waals surface area contributed by atoms with Crippen molar-refractivity contribution < 1.29 is 13.2 Å². The van der Waals surface area contributed by atoms with E-state index in [1.54, 1.807) is 4.68 Å². The molecule has 0 amide bonds. The van der Waals surface area contributed by atoms with E-state index in [0.29, 0.717) is 24.7 Å². The summed E-state index contributed by atoms with van der Waals surface area (Å²) >= 11 is 0. The van der Waals surface area contributed by atoms with Gasteiger partial charge in [-0.3, -0.25) is 0 Å². The van der Waals surface area contributed by atoms with Crippen LogP contribution in [0.4, 0.5) is 19.1 Å². The highest BCUT2D eigenvalue weighted by atomic mass is 19.2. The quantitative estimate of drug-likeness (QED) is 0.631. The molecule has 162 valence electrons. The largest absolute Gasteiger partial charge is 0.347 e. The summed E-state index contributed by atoms with van der Waals surface area (Å²) in [7, 11) is 0. The summed E-state index contributed by atoms with van der Waals surface area (Å²) in [4.78, 5) is 9.03. The molecule has 0 spiro atoms. The zero-order chi connectivity index (χ0) is 21.4. The molecule has 3 aliphatic carbocycles. The van der Waals surface area contributed by atoms with Crippen LogP contribution < -0.4 is 5.32 Å². The van der Waals surface area contributed by atoms with E-state index in [1.807, 2.05) is 13.3 Å². The zero-order valence-electron chi connectivity index (χ0n) is 17.2. The molecule has 7 rings (SSSR count). The lowest BCUT2D eigenvalue weighted by Crippen LogP contribution is -2.75. The fourth-order valence-corrected chi connectivity index (χ4v) is 5.73. The lowest BCUT2D eigenvalue weighted by atomic mass is 9.44. The Morgan fingerprint density at radius 2 is 1.90 bits per heavy atom. The van der Waals surface area contributed by atoms with Gasteiger partial charge in [0.15, 0.2) is 17.5 Å². The SMILES string of the molecule is Cc1cn(C23CC(Nc4nc5n(n4)CCCCC5c4ccc(F)c(F)c4F)(C2)C3)cn1. The second kappa shape index (κ2) is 6.34. The molecule has 1 atom stereocenters. The van der Waals surface area contributed by atoms with Gasteiger partial charge in [-0.2, -0.15) is 4.98 Å². The van der Waals surface area contributed by atoms with E-state index in [1.165, 1.54) is 6.07 Å². The van der Waals surface area contributed by atoms with E-state index in [9.17, 15) is 13.2 Å². The average Bonchev–Trinajstić information content (AvgIpc) is 3.24. The van der Waals surface area contributed by atoms with Gasteiger partial charge in [0.25, 0.3) is 0 Å². The maximum Gasteiger partial charge on any atom is 0.242 e. The van der Waals surface area contributed by atoms with Crippen molar-refractivity contribution in [2.75, 3.05) is 5.32 Å². The molecule has 3 aromatic rings. The smallest absolute Gasteiger partial charge is 0.242 e. The Bertz CT molecular complexity index is 1160. The number of nitrogens with zero attached hydrogens (tertiary/aromatic N) is 5. The minimum atomic E-state index is -1.43. The van der Waals surface area contributed by atoms with Gasteiger partial charge in [-0.15, -0.1) is 5.10 Å². The van der Waals surface area contributed by atoms with Crippen LogP contribution in [0.5, 0.6) is 0 Å². The molecule has 1 aromatic carbocycles. The average molecular weight is 428 g/mol. The van der Waals surface area contributed by atoms with E-state index in [0.717, 1.165) is 43.9 Å². The van der Waals surface area contributed by atoms with Crippen molar-refractivity contribution in [3.8, 4) is 0 Å². The molecule has 6 nitrogen and oxygen atoms in total. The van der Waals surface area contributed by atoms with Gasteiger partial charge in [0.1, 0.15) is 5.82 Å². The van der Waals surface area contributed by atoms with Gasteiger partial charge in [0.05, 0.1) is 17.6 Å². The van der Waals surface area contributed by atoms with Crippen LogP contribution in [-0.2, 0) is 12.1 Å². The van der Waals surface area contributed by atoms with Crippen molar-refractivity contribution in [1.29, 1.82) is 0 Å². The van der Waals surface area contributed by atoms with Gasteiger partial charge >= 0.3 is 0 Å². The molecule has 4 aliphatic rings.